The summed E-state index contributed by atoms with van der Waals surface area (Å²) in [6.45, 7) is 4.06. The molecular weight excluding hydrogens is 272 g/mol. The van der Waals surface area contributed by atoms with Gasteiger partial charge in [0.05, 0.1) is 0 Å². The van der Waals surface area contributed by atoms with Gasteiger partial charge in [-0.3, -0.25) is 4.79 Å². The van der Waals surface area contributed by atoms with Crippen molar-refractivity contribution in [2.24, 2.45) is 5.92 Å². The Morgan fingerprint density at radius 2 is 1.95 bits per heavy atom. The van der Waals surface area contributed by atoms with Crippen LogP contribution >= 0.6 is 12.4 Å². The van der Waals surface area contributed by atoms with Crippen LogP contribution in [0.5, 0.6) is 0 Å². The van der Waals surface area contributed by atoms with Gasteiger partial charge < -0.3 is 11.1 Å². The number of rotatable bonds is 3. The number of halogens is 1. The number of hydrogen-bond acceptors (Lipinski definition) is 2. The van der Waals surface area contributed by atoms with Crippen molar-refractivity contribution in [1.29, 1.82) is 0 Å². The summed E-state index contributed by atoms with van der Waals surface area (Å²) in [7, 11) is 0. The number of benzene rings is 1. The quantitative estimate of drug-likeness (QED) is 0.836. The van der Waals surface area contributed by atoms with Gasteiger partial charge in [0.25, 0.3) is 5.91 Å². The van der Waals surface area contributed by atoms with Crippen LogP contribution in [0.15, 0.2) is 18.2 Å². The zero-order valence-electron chi connectivity index (χ0n) is 12.3. The maximum absolute atomic E-state index is 12.3. The van der Waals surface area contributed by atoms with Gasteiger partial charge in [-0.05, 0) is 50.3 Å². The number of nitrogen functional groups attached to an aromatic ring is 1. The summed E-state index contributed by atoms with van der Waals surface area (Å²) in [5, 5.41) is 3.14. The molecule has 3 N–H and O–H groups in total. The molecule has 1 amide bonds. The highest BCUT2D eigenvalue weighted by Crippen LogP contribution is 2.26. The van der Waals surface area contributed by atoms with E-state index in [9.17, 15) is 4.79 Å². The standard InChI is InChI=1S/C16H24N2O.ClH/c1-11-8-9-14(17)10-15(11)16(19)18-12(2)13-6-4-3-5-7-13;/h8-10,12-13H,3-7,17H2,1-2H3,(H,18,19);1H. The lowest BCUT2D eigenvalue weighted by Crippen LogP contribution is -2.39. The molecule has 0 aromatic heterocycles. The average Bonchev–Trinajstić information content (AvgIpc) is 2.42. The van der Waals surface area contributed by atoms with E-state index < -0.39 is 0 Å². The van der Waals surface area contributed by atoms with E-state index in [0.29, 0.717) is 17.2 Å². The van der Waals surface area contributed by atoms with E-state index >= 15 is 0 Å². The highest BCUT2D eigenvalue weighted by Gasteiger charge is 2.22. The molecule has 1 atom stereocenters. The molecule has 1 aliphatic rings. The maximum Gasteiger partial charge on any atom is 0.251 e. The van der Waals surface area contributed by atoms with Crippen LogP contribution in [0.25, 0.3) is 0 Å². The molecule has 0 spiro atoms. The van der Waals surface area contributed by atoms with E-state index in [1.165, 1.54) is 32.1 Å². The number of carbonyl (C=O) groups is 1. The lowest BCUT2D eigenvalue weighted by Gasteiger charge is -2.28. The Hall–Kier alpha value is -1.22. The SMILES string of the molecule is Cc1ccc(N)cc1C(=O)NC(C)C1CCCCC1.Cl. The molecule has 1 fully saturated rings. The fourth-order valence-corrected chi connectivity index (χ4v) is 2.92. The summed E-state index contributed by atoms with van der Waals surface area (Å²) in [6, 6.07) is 5.73. The molecule has 1 aromatic rings. The van der Waals surface area contributed by atoms with Crippen molar-refractivity contribution >= 4 is 24.0 Å². The monoisotopic (exact) mass is 296 g/mol. The van der Waals surface area contributed by atoms with Crippen LogP contribution in [0.2, 0.25) is 0 Å². The molecule has 1 aromatic carbocycles. The maximum atomic E-state index is 12.3. The highest BCUT2D eigenvalue weighted by molar-refractivity contribution is 5.96. The third-order valence-electron chi connectivity index (χ3n) is 4.22. The van der Waals surface area contributed by atoms with Gasteiger partial charge in [0.2, 0.25) is 0 Å². The van der Waals surface area contributed by atoms with Crippen LogP contribution in [0.3, 0.4) is 0 Å². The first-order valence-electron chi connectivity index (χ1n) is 7.25. The lowest BCUT2D eigenvalue weighted by atomic mass is 9.84. The van der Waals surface area contributed by atoms with Crippen molar-refractivity contribution in [2.75, 3.05) is 5.73 Å². The molecule has 3 nitrogen and oxygen atoms in total. The lowest BCUT2D eigenvalue weighted by molar-refractivity contribution is 0.0918. The Bertz CT molecular complexity index is 456. The van der Waals surface area contributed by atoms with Crippen LogP contribution in [-0.4, -0.2) is 11.9 Å². The zero-order valence-corrected chi connectivity index (χ0v) is 13.1. The molecule has 4 heteroatoms. The van der Waals surface area contributed by atoms with Crippen molar-refractivity contribution in [2.45, 2.75) is 52.0 Å². The number of hydrogen-bond donors (Lipinski definition) is 2. The van der Waals surface area contributed by atoms with Crippen molar-refractivity contribution in [3.05, 3.63) is 29.3 Å². The van der Waals surface area contributed by atoms with Gasteiger partial charge in [0, 0.05) is 17.3 Å². The van der Waals surface area contributed by atoms with Gasteiger partial charge in [-0.15, -0.1) is 12.4 Å². The van der Waals surface area contributed by atoms with Gasteiger partial charge in [0.15, 0.2) is 0 Å². The van der Waals surface area contributed by atoms with Crippen LogP contribution in [0, 0.1) is 12.8 Å². The number of carbonyl (C=O) groups excluding carboxylic acids is 1. The Labute approximate surface area is 127 Å². The van der Waals surface area contributed by atoms with E-state index in [-0.39, 0.29) is 24.4 Å². The number of nitrogens with one attached hydrogen (secondary N) is 1. The van der Waals surface area contributed by atoms with E-state index in [4.69, 9.17) is 5.73 Å². The van der Waals surface area contributed by atoms with Crippen LogP contribution < -0.4 is 11.1 Å². The normalized spacial score (nSPS) is 17.1. The second kappa shape index (κ2) is 7.53. The summed E-state index contributed by atoms with van der Waals surface area (Å²) in [6.07, 6.45) is 6.39. The first-order chi connectivity index (χ1) is 9.08. The minimum Gasteiger partial charge on any atom is -0.399 e. The summed E-state index contributed by atoms with van der Waals surface area (Å²) in [4.78, 5) is 12.3. The smallest absolute Gasteiger partial charge is 0.251 e. The fourth-order valence-electron chi connectivity index (χ4n) is 2.92. The van der Waals surface area contributed by atoms with E-state index in [2.05, 4.69) is 12.2 Å². The molecule has 0 radical (unpaired) electrons. The molecule has 1 saturated carbocycles. The van der Waals surface area contributed by atoms with Gasteiger partial charge in [-0.25, -0.2) is 0 Å². The van der Waals surface area contributed by atoms with Crippen molar-refractivity contribution in [3.63, 3.8) is 0 Å². The molecule has 2 rings (SSSR count). The van der Waals surface area contributed by atoms with Crippen LogP contribution in [0.1, 0.15) is 54.9 Å². The zero-order chi connectivity index (χ0) is 13.8. The highest BCUT2D eigenvalue weighted by atomic mass is 35.5. The molecule has 112 valence electrons. The second-order valence-electron chi connectivity index (χ2n) is 5.73. The second-order valence-corrected chi connectivity index (χ2v) is 5.73. The first-order valence-corrected chi connectivity index (χ1v) is 7.25. The molecule has 0 bridgehead atoms. The van der Waals surface area contributed by atoms with Crippen LogP contribution in [-0.2, 0) is 0 Å². The molecular formula is C16H25ClN2O. The van der Waals surface area contributed by atoms with E-state index in [1.54, 1.807) is 6.07 Å². The number of nitrogens with two attached hydrogens (primary N) is 1. The molecule has 1 aliphatic carbocycles. The molecule has 0 heterocycles. The summed E-state index contributed by atoms with van der Waals surface area (Å²) < 4.78 is 0. The van der Waals surface area contributed by atoms with E-state index in [0.717, 1.165) is 5.56 Å². The molecule has 0 aliphatic heterocycles. The summed E-state index contributed by atoms with van der Waals surface area (Å²) >= 11 is 0. The molecule has 20 heavy (non-hydrogen) atoms. The number of amides is 1. The summed E-state index contributed by atoms with van der Waals surface area (Å²) in [5.41, 5.74) is 8.07. The van der Waals surface area contributed by atoms with Gasteiger partial charge in [0.1, 0.15) is 0 Å². The van der Waals surface area contributed by atoms with Crippen LogP contribution in [0.4, 0.5) is 5.69 Å². The third kappa shape index (κ3) is 4.14. The molecule has 1 unspecified atom stereocenters. The minimum atomic E-state index is 0. The summed E-state index contributed by atoms with van der Waals surface area (Å²) in [5.74, 6) is 0.627. The van der Waals surface area contributed by atoms with Gasteiger partial charge in [-0.1, -0.05) is 25.3 Å². The Kier molecular flexibility index (Phi) is 6.34. The minimum absolute atomic E-state index is 0. The predicted octanol–water partition coefficient (Wildman–Crippen LogP) is 3.70. The number of aryl methyl sites for hydroxylation is 1. The van der Waals surface area contributed by atoms with Gasteiger partial charge in [-0.2, -0.15) is 0 Å². The van der Waals surface area contributed by atoms with Crippen molar-refractivity contribution in [1.82, 2.24) is 5.32 Å². The average molecular weight is 297 g/mol. The van der Waals surface area contributed by atoms with Gasteiger partial charge >= 0.3 is 0 Å². The number of anilines is 1. The Morgan fingerprint density at radius 1 is 1.30 bits per heavy atom. The third-order valence-corrected chi connectivity index (χ3v) is 4.22. The van der Waals surface area contributed by atoms with Crippen molar-refractivity contribution in [3.8, 4) is 0 Å². The first kappa shape index (κ1) is 16.8. The largest absolute Gasteiger partial charge is 0.399 e. The fraction of sp³-hybridized carbons (Fsp3) is 0.562. The Balaban J connectivity index is 0.00000200. The van der Waals surface area contributed by atoms with E-state index in [1.807, 2.05) is 19.1 Å². The topological polar surface area (TPSA) is 55.1 Å². The Morgan fingerprint density at radius 3 is 2.60 bits per heavy atom. The predicted molar refractivity (Wildman–Crippen MR) is 86.3 cm³/mol. The van der Waals surface area contributed by atoms with Crippen molar-refractivity contribution < 1.29 is 4.79 Å². The molecule has 0 saturated heterocycles.